The lowest BCUT2D eigenvalue weighted by molar-refractivity contribution is 0.274. The van der Waals surface area contributed by atoms with Crippen molar-refractivity contribution in [2.24, 2.45) is 0 Å². The molecule has 1 aliphatic rings. The summed E-state index contributed by atoms with van der Waals surface area (Å²) in [5.74, 6) is 0. The molecular formula is C18H17Cl2N3O3S. The molecule has 0 spiro atoms. The minimum atomic E-state index is -3.71. The number of H-pyrrole nitrogens is 1. The van der Waals surface area contributed by atoms with E-state index in [9.17, 15) is 13.2 Å². The fourth-order valence-corrected chi connectivity index (χ4v) is 5.82. The summed E-state index contributed by atoms with van der Waals surface area (Å²) in [6.07, 6.45) is 1.10. The van der Waals surface area contributed by atoms with Crippen molar-refractivity contribution in [3.8, 4) is 0 Å². The quantitative estimate of drug-likeness (QED) is 0.695. The van der Waals surface area contributed by atoms with E-state index < -0.39 is 10.0 Å². The molecule has 1 aromatic heterocycles. The van der Waals surface area contributed by atoms with Crippen molar-refractivity contribution < 1.29 is 8.42 Å². The summed E-state index contributed by atoms with van der Waals surface area (Å²) in [7, 11) is -3.71. The second kappa shape index (κ2) is 6.98. The van der Waals surface area contributed by atoms with Crippen LogP contribution in [0.2, 0.25) is 10.0 Å². The van der Waals surface area contributed by atoms with Crippen molar-refractivity contribution in [2.75, 3.05) is 13.1 Å². The Bertz CT molecular complexity index is 1160. The maximum Gasteiger partial charge on any atom is 0.326 e. The molecule has 0 aliphatic carbocycles. The molecule has 9 heteroatoms. The third kappa shape index (κ3) is 3.29. The lowest BCUT2D eigenvalue weighted by Gasteiger charge is -2.32. The number of hydrogen-bond donors (Lipinski definition) is 1. The summed E-state index contributed by atoms with van der Waals surface area (Å²) in [5.41, 5.74) is 1.45. The summed E-state index contributed by atoms with van der Waals surface area (Å²) in [5, 5.41) is 0.494. The molecule has 3 aromatic rings. The average Bonchev–Trinajstić information content (AvgIpc) is 2.97. The summed E-state index contributed by atoms with van der Waals surface area (Å²) in [6, 6.07) is 11.8. The number of piperidine rings is 1. The van der Waals surface area contributed by atoms with Crippen LogP contribution in [-0.4, -0.2) is 35.4 Å². The molecule has 2 heterocycles. The fourth-order valence-electron chi connectivity index (χ4n) is 3.60. The predicted molar refractivity (Wildman–Crippen MR) is 106 cm³/mol. The Balaban J connectivity index is 1.58. The molecule has 1 saturated heterocycles. The number of rotatable bonds is 3. The lowest BCUT2D eigenvalue weighted by Crippen LogP contribution is -2.40. The number of nitrogens with one attached hydrogen (secondary N) is 1. The van der Waals surface area contributed by atoms with Gasteiger partial charge in [0.2, 0.25) is 10.0 Å². The van der Waals surface area contributed by atoms with Gasteiger partial charge in [-0.3, -0.25) is 4.57 Å². The zero-order valence-corrected chi connectivity index (χ0v) is 16.6. The van der Waals surface area contributed by atoms with Crippen molar-refractivity contribution in [1.82, 2.24) is 13.9 Å². The zero-order valence-electron chi connectivity index (χ0n) is 14.2. The monoisotopic (exact) mass is 425 g/mol. The van der Waals surface area contributed by atoms with Crippen LogP contribution in [0.25, 0.3) is 11.0 Å². The van der Waals surface area contributed by atoms with Crippen LogP contribution in [0.1, 0.15) is 18.9 Å². The fraction of sp³-hybridized carbons (Fsp3) is 0.278. The zero-order chi connectivity index (χ0) is 19.2. The number of aromatic nitrogens is 2. The average molecular weight is 426 g/mol. The molecular weight excluding hydrogens is 409 g/mol. The van der Waals surface area contributed by atoms with Crippen LogP contribution in [0.15, 0.2) is 52.2 Å². The van der Waals surface area contributed by atoms with E-state index in [0.717, 1.165) is 11.0 Å². The highest BCUT2D eigenvalue weighted by molar-refractivity contribution is 7.89. The number of imidazole rings is 1. The van der Waals surface area contributed by atoms with Crippen molar-refractivity contribution in [2.45, 2.75) is 23.8 Å². The molecule has 6 nitrogen and oxygen atoms in total. The van der Waals surface area contributed by atoms with Gasteiger partial charge in [0, 0.05) is 24.2 Å². The standard InChI is InChI=1S/C18H17Cl2N3O3S/c19-12-5-6-17(14(20)11-12)27(25,26)22-9-7-13(8-10-22)23-16-4-2-1-3-15(16)21-18(23)24/h1-6,11,13H,7-10H2,(H,21,24). The first-order valence-corrected chi connectivity index (χ1v) is 10.7. The highest BCUT2D eigenvalue weighted by Crippen LogP contribution is 2.31. The molecule has 1 N–H and O–H groups in total. The molecule has 0 amide bonds. The van der Waals surface area contributed by atoms with E-state index in [2.05, 4.69) is 4.98 Å². The maximum atomic E-state index is 12.9. The second-order valence-corrected chi connectivity index (χ2v) is 9.28. The third-order valence-electron chi connectivity index (χ3n) is 4.92. The molecule has 142 valence electrons. The highest BCUT2D eigenvalue weighted by Gasteiger charge is 2.32. The Morgan fingerprint density at radius 1 is 1.04 bits per heavy atom. The minimum Gasteiger partial charge on any atom is -0.306 e. The van der Waals surface area contributed by atoms with E-state index in [1.165, 1.54) is 22.5 Å². The molecule has 0 atom stereocenters. The van der Waals surface area contributed by atoms with Gasteiger partial charge in [0.1, 0.15) is 4.90 Å². The van der Waals surface area contributed by atoms with Gasteiger partial charge in [0.15, 0.2) is 0 Å². The van der Waals surface area contributed by atoms with E-state index in [1.54, 1.807) is 4.57 Å². The Kier molecular flexibility index (Phi) is 4.80. The first-order valence-electron chi connectivity index (χ1n) is 8.52. The molecule has 1 fully saturated rings. The number of hydrogen-bond acceptors (Lipinski definition) is 3. The van der Waals surface area contributed by atoms with E-state index in [-0.39, 0.29) is 21.6 Å². The summed E-state index contributed by atoms with van der Waals surface area (Å²) < 4.78 is 29.0. The van der Waals surface area contributed by atoms with Gasteiger partial charge in [0.25, 0.3) is 0 Å². The molecule has 4 rings (SSSR count). The second-order valence-electron chi connectivity index (χ2n) is 6.53. The molecule has 0 radical (unpaired) electrons. The molecule has 0 unspecified atom stereocenters. The smallest absolute Gasteiger partial charge is 0.306 e. The molecule has 1 aliphatic heterocycles. The van der Waals surface area contributed by atoms with E-state index in [4.69, 9.17) is 23.2 Å². The Hall–Kier alpha value is -1.80. The SMILES string of the molecule is O=c1[nH]c2ccccc2n1C1CCN(S(=O)(=O)c2ccc(Cl)cc2Cl)CC1. The van der Waals surface area contributed by atoms with Gasteiger partial charge in [-0.15, -0.1) is 0 Å². The van der Waals surface area contributed by atoms with Crippen LogP contribution in [-0.2, 0) is 10.0 Å². The number of benzene rings is 2. The first-order chi connectivity index (χ1) is 12.9. The molecule has 27 heavy (non-hydrogen) atoms. The first kappa shape index (κ1) is 18.6. The topological polar surface area (TPSA) is 75.2 Å². The minimum absolute atomic E-state index is 0.0521. The highest BCUT2D eigenvalue weighted by atomic mass is 35.5. The molecule has 0 saturated carbocycles. The third-order valence-corrected chi connectivity index (χ3v) is 7.54. The number of halogens is 2. The van der Waals surface area contributed by atoms with Gasteiger partial charge >= 0.3 is 5.69 Å². The number of aromatic amines is 1. The van der Waals surface area contributed by atoms with E-state index in [1.807, 2.05) is 24.3 Å². The summed E-state index contributed by atoms with van der Waals surface area (Å²) in [6.45, 7) is 0.635. The van der Waals surface area contributed by atoms with Gasteiger partial charge in [-0.1, -0.05) is 35.3 Å². The van der Waals surface area contributed by atoms with E-state index >= 15 is 0 Å². The Labute approximate surface area is 166 Å². The van der Waals surface area contributed by atoms with Crippen molar-refractivity contribution >= 4 is 44.3 Å². The van der Waals surface area contributed by atoms with Crippen LogP contribution in [0.4, 0.5) is 0 Å². The van der Waals surface area contributed by atoms with Crippen LogP contribution < -0.4 is 5.69 Å². The number of nitrogens with zero attached hydrogens (tertiary/aromatic N) is 2. The van der Waals surface area contributed by atoms with Gasteiger partial charge in [-0.2, -0.15) is 4.31 Å². The van der Waals surface area contributed by atoms with Gasteiger partial charge in [0.05, 0.1) is 16.1 Å². The van der Waals surface area contributed by atoms with Crippen molar-refractivity contribution in [1.29, 1.82) is 0 Å². The van der Waals surface area contributed by atoms with E-state index in [0.29, 0.717) is 31.0 Å². The summed E-state index contributed by atoms with van der Waals surface area (Å²) in [4.78, 5) is 15.3. The van der Waals surface area contributed by atoms with Crippen molar-refractivity contribution in [3.63, 3.8) is 0 Å². The maximum absolute atomic E-state index is 12.9. The number of fused-ring (bicyclic) bond motifs is 1. The van der Waals surface area contributed by atoms with Gasteiger partial charge < -0.3 is 4.98 Å². The van der Waals surface area contributed by atoms with Crippen LogP contribution >= 0.6 is 23.2 Å². The predicted octanol–water partition coefficient (Wildman–Crippen LogP) is 3.66. The van der Waals surface area contributed by atoms with Crippen LogP contribution in [0.5, 0.6) is 0 Å². The van der Waals surface area contributed by atoms with Crippen LogP contribution in [0, 0.1) is 0 Å². The normalized spacial score (nSPS) is 16.8. The number of para-hydroxylation sites is 2. The van der Waals surface area contributed by atoms with Gasteiger partial charge in [-0.25, -0.2) is 13.2 Å². The van der Waals surface area contributed by atoms with Crippen LogP contribution in [0.3, 0.4) is 0 Å². The van der Waals surface area contributed by atoms with Crippen molar-refractivity contribution in [3.05, 3.63) is 63.0 Å². The molecule has 2 aromatic carbocycles. The lowest BCUT2D eigenvalue weighted by atomic mass is 10.1. The Morgan fingerprint density at radius 2 is 1.74 bits per heavy atom. The van der Waals surface area contributed by atoms with Gasteiger partial charge in [-0.05, 0) is 43.2 Å². The molecule has 0 bridgehead atoms. The largest absolute Gasteiger partial charge is 0.326 e. The number of sulfonamides is 1. The Morgan fingerprint density at radius 3 is 2.44 bits per heavy atom. The summed E-state index contributed by atoms with van der Waals surface area (Å²) >= 11 is 12.0.